The third-order valence-electron chi connectivity index (χ3n) is 4.77. The van der Waals surface area contributed by atoms with Crippen LogP contribution in [0.4, 0.5) is 0 Å². The van der Waals surface area contributed by atoms with E-state index in [1.807, 2.05) is 17.3 Å². The second kappa shape index (κ2) is 11.8. The molecule has 0 fully saturated rings. The van der Waals surface area contributed by atoms with Gasteiger partial charge >= 0.3 is 0 Å². The van der Waals surface area contributed by atoms with Crippen LogP contribution in [0.5, 0.6) is 0 Å². The van der Waals surface area contributed by atoms with E-state index < -0.39 is 7.26 Å². The lowest BCUT2D eigenvalue weighted by atomic mass is 10.3. The van der Waals surface area contributed by atoms with Crippen molar-refractivity contribution >= 4 is 42.1 Å². The van der Waals surface area contributed by atoms with Crippen molar-refractivity contribution in [2.24, 2.45) is 0 Å². The molecule has 0 atom stereocenters. The molecule has 24 heavy (non-hydrogen) atoms. The van der Waals surface area contributed by atoms with Crippen molar-refractivity contribution in [2.45, 2.75) is 65.0 Å². The SMILES string of the molecule is CCCC[P+](CCCC)(CCCC)C1C=CN(C(Cl)=C(Cl)Cl)C=C1. The third-order valence-corrected chi connectivity index (χ3v) is 10.9. The van der Waals surface area contributed by atoms with Gasteiger partial charge in [0.05, 0.1) is 18.5 Å². The van der Waals surface area contributed by atoms with E-state index in [1.165, 1.54) is 57.0 Å². The molecule has 0 aromatic carbocycles. The second-order valence-electron chi connectivity index (χ2n) is 6.58. The van der Waals surface area contributed by atoms with Gasteiger partial charge in [-0.1, -0.05) is 74.8 Å². The molecule has 5 heteroatoms. The van der Waals surface area contributed by atoms with Crippen LogP contribution in [0, 0.1) is 0 Å². The number of nitrogens with zero attached hydrogens (tertiary/aromatic N) is 1. The second-order valence-corrected chi connectivity index (χ2v) is 12.3. The van der Waals surface area contributed by atoms with Gasteiger partial charge in [-0.3, -0.25) is 0 Å². The molecule has 0 aromatic rings. The molecule has 0 spiro atoms. The summed E-state index contributed by atoms with van der Waals surface area (Å²) in [4.78, 5) is 1.81. The van der Waals surface area contributed by atoms with Gasteiger partial charge in [0.25, 0.3) is 0 Å². The first-order valence-corrected chi connectivity index (χ1v) is 12.8. The molecule has 0 radical (unpaired) electrons. The minimum Gasteiger partial charge on any atom is -0.313 e. The fourth-order valence-corrected chi connectivity index (χ4v) is 8.87. The highest BCUT2D eigenvalue weighted by molar-refractivity contribution is 7.76. The van der Waals surface area contributed by atoms with Crippen molar-refractivity contribution in [3.8, 4) is 0 Å². The van der Waals surface area contributed by atoms with E-state index in [1.54, 1.807) is 0 Å². The van der Waals surface area contributed by atoms with E-state index in [2.05, 4.69) is 32.9 Å². The van der Waals surface area contributed by atoms with E-state index >= 15 is 0 Å². The van der Waals surface area contributed by atoms with Crippen LogP contribution in [-0.4, -0.2) is 29.0 Å². The molecule has 1 heterocycles. The standard InChI is InChI=1S/C19H32Cl3NP/c1-4-7-14-24(15-8-5-2,16-9-6-3)17-10-12-23(13-11-17)19(22)18(20)21/h10-13,17H,4-9,14-16H2,1-3H3/q+1. The van der Waals surface area contributed by atoms with E-state index in [9.17, 15) is 0 Å². The number of hydrogen-bond donors (Lipinski definition) is 0. The molecular weight excluding hydrogens is 380 g/mol. The van der Waals surface area contributed by atoms with E-state index in [0.717, 1.165) is 0 Å². The van der Waals surface area contributed by atoms with Crippen LogP contribution in [0.3, 0.4) is 0 Å². The number of unbranched alkanes of at least 4 members (excludes halogenated alkanes) is 3. The summed E-state index contributed by atoms with van der Waals surface area (Å²) in [6.07, 6.45) is 20.8. The lowest BCUT2D eigenvalue weighted by Crippen LogP contribution is -2.23. The van der Waals surface area contributed by atoms with Crippen LogP contribution in [0.15, 0.2) is 34.2 Å². The maximum atomic E-state index is 6.16. The van der Waals surface area contributed by atoms with Gasteiger partial charge in [0, 0.05) is 19.7 Å². The summed E-state index contributed by atoms with van der Waals surface area (Å²) in [5, 5.41) is 0.365. The van der Waals surface area contributed by atoms with Crippen LogP contribution < -0.4 is 0 Å². The quantitative estimate of drug-likeness (QED) is 0.246. The van der Waals surface area contributed by atoms with E-state index in [0.29, 0.717) is 10.8 Å². The van der Waals surface area contributed by atoms with Crippen LogP contribution in [0.25, 0.3) is 0 Å². The van der Waals surface area contributed by atoms with E-state index in [-0.39, 0.29) is 4.49 Å². The first-order chi connectivity index (χ1) is 11.5. The molecule has 0 saturated heterocycles. The molecule has 0 saturated carbocycles. The average molecular weight is 412 g/mol. The van der Waals surface area contributed by atoms with Crippen LogP contribution in [-0.2, 0) is 0 Å². The normalized spacial score (nSPS) is 15.2. The molecular formula is C19H32Cl3NP+. The first kappa shape index (κ1) is 22.4. The molecule has 1 rings (SSSR count). The molecule has 0 aromatic heterocycles. The molecule has 1 nitrogen and oxygen atoms in total. The van der Waals surface area contributed by atoms with Crippen LogP contribution in [0.1, 0.15) is 59.3 Å². The highest BCUT2D eigenvalue weighted by Gasteiger charge is 2.42. The average Bonchev–Trinajstić information content (AvgIpc) is 2.61. The Balaban J connectivity index is 2.99. The van der Waals surface area contributed by atoms with Crippen LogP contribution >= 0.6 is 42.1 Å². The minimum absolute atomic E-state index is 0.105. The van der Waals surface area contributed by atoms with Crippen molar-refractivity contribution < 1.29 is 0 Å². The molecule has 0 N–H and O–H groups in total. The maximum Gasteiger partial charge on any atom is 0.143 e. The minimum atomic E-state index is -1.03. The van der Waals surface area contributed by atoms with Crippen LogP contribution in [0.2, 0.25) is 0 Å². The van der Waals surface area contributed by atoms with Gasteiger partial charge in [-0.2, -0.15) is 0 Å². The Morgan fingerprint density at radius 3 is 1.58 bits per heavy atom. The van der Waals surface area contributed by atoms with E-state index in [4.69, 9.17) is 34.8 Å². The molecule has 0 aliphatic carbocycles. The zero-order chi connectivity index (χ0) is 18.0. The Morgan fingerprint density at radius 2 is 1.25 bits per heavy atom. The predicted molar refractivity (Wildman–Crippen MR) is 115 cm³/mol. The fourth-order valence-electron chi connectivity index (χ4n) is 3.27. The molecule has 0 unspecified atom stereocenters. The fraction of sp³-hybridized carbons (Fsp3) is 0.684. The zero-order valence-corrected chi connectivity index (χ0v) is 18.4. The molecule has 1 aliphatic rings. The summed E-state index contributed by atoms with van der Waals surface area (Å²) < 4.78 is 0.105. The first-order valence-electron chi connectivity index (χ1n) is 9.22. The Kier molecular flexibility index (Phi) is 11.0. The van der Waals surface area contributed by atoms with Crippen molar-refractivity contribution in [3.05, 3.63) is 34.2 Å². The maximum absolute atomic E-state index is 6.16. The largest absolute Gasteiger partial charge is 0.313 e. The van der Waals surface area contributed by atoms with Crippen molar-refractivity contribution in [1.29, 1.82) is 0 Å². The predicted octanol–water partition coefficient (Wildman–Crippen LogP) is 7.96. The molecule has 0 bridgehead atoms. The van der Waals surface area contributed by atoms with Gasteiger partial charge in [-0.25, -0.2) is 0 Å². The Bertz CT molecular complexity index is 420. The number of halogens is 3. The van der Waals surface area contributed by atoms with Gasteiger partial charge in [0.1, 0.15) is 15.3 Å². The summed E-state index contributed by atoms with van der Waals surface area (Å²) in [7, 11) is -1.03. The molecule has 1 aliphatic heterocycles. The molecule has 138 valence electrons. The number of rotatable bonds is 11. The van der Waals surface area contributed by atoms with Gasteiger partial charge in [-0.15, -0.1) is 0 Å². The Labute approximate surface area is 164 Å². The van der Waals surface area contributed by atoms with Crippen molar-refractivity contribution in [1.82, 2.24) is 4.90 Å². The smallest absolute Gasteiger partial charge is 0.143 e. The lowest BCUT2D eigenvalue weighted by Gasteiger charge is -2.34. The van der Waals surface area contributed by atoms with Gasteiger partial charge < -0.3 is 4.90 Å². The topological polar surface area (TPSA) is 3.24 Å². The summed E-state index contributed by atoms with van der Waals surface area (Å²) >= 11 is 17.8. The zero-order valence-electron chi connectivity index (χ0n) is 15.3. The highest BCUT2D eigenvalue weighted by Crippen LogP contribution is 2.66. The van der Waals surface area contributed by atoms with Gasteiger partial charge in [0.2, 0.25) is 0 Å². The lowest BCUT2D eigenvalue weighted by molar-refractivity contribution is 0.656. The van der Waals surface area contributed by atoms with Crippen molar-refractivity contribution in [3.63, 3.8) is 0 Å². The summed E-state index contributed by atoms with van der Waals surface area (Å²) in [6.45, 7) is 6.90. The van der Waals surface area contributed by atoms with Gasteiger partial charge in [-0.05, 0) is 31.4 Å². The monoisotopic (exact) mass is 410 g/mol. The number of allylic oxidation sites excluding steroid dienone is 2. The Morgan fingerprint density at radius 1 is 0.833 bits per heavy atom. The van der Waals surface area contributed by atoms with Gasteiger partial charge in [0.15, 0.2) is 0 Å². The number of hydrogen-bond acceptors (Lipinski definition) is 1. The summed E-state index contributed by atoms with van der Waals surface area (Å²) in [6, 6.07) is 0. The third kappa shape index (κ3) is 6.56. The molecule has 0 amide bonds. The summed E-state index contributed by atoms with van der Waals surface area (Å²) in [5.41, 5.74) is 0.567. The Hall–Kier alpha value is 0.320. The highest BCUT2D eigenvalue weighted by atomic mass is 35.5. The van der Waals surface area contributed by atoms with Crippen molar-refractivity contribution in [2.75, 3.05) is 18.5 Å². The summed E-state index contributed by atoms with van der Waals surface area (Å²) in [5.74, 6) is 0.